The first-order chi connectivity index (χ1) is 9.61. The second-order valence-corrected chi connectivity index (χ2v) is 4.56. The molecule has 0 bridgehead atoms. The van der Waals surface area contributed by atoms with Crippen LogP contribution in [0.2, 0.25) is 0 Å². The first kappa shape index (κ1) is 12.5. The number of para-hydroxylation sites is 1. The topological polar surface area (TPSA) is 53.1 Å². The number of hydrogen-bond donors (Lipinski definition) is 1. The molecular formula is C15H14FN3O. The van der Waals surface area contributed by atoms with E-state index in [1.165, 1.54) is 19.2 Å². The molecule has 1 aromatic heterocycles. The minimum Gasteiger partial charge on any atom is -0.494 e. The number of nitrogens with zero attached hydrogens (tertiary/aromatic N) is 2. The lowest BCUT2D eigenvalue weighted by Gasteiger charge is -2.11. The summed E-state index contributed by atoms with van der Waals surface area (Å²) in [7, 11) is 1.50. The number of benzene rings is 2. The van der Waals surface area contributed by atoms with E-state index in [4.69, 9.17) is 10.5 Å². The lowest BCUT2D eigenvalue weighted by atomic mass is 10.2. The van der Waals surface area contributed by atoms with Crippen LogP contribution in [-0.2, 0) is 0 Å². The van der Waals surface area contributed by atoms with Crippen molar-refractivity contribution in [3.05, 3.63) is 47.8 Å². The van der Waals surface area contributed by atoms with Gasteiger partial charge in [-0.25, -0.2) is 9.37 Å². The van der Waals surface area contributed by atoms with Crippen molar-refractivity contribution < 1.29 is 9.13 Å². The van der Waals surface area contributed by atoms with Crippen LogP contribution in [0.1, 0.15) is 5.56 Å². The van der Waals surface area contributed by atoms with E-state index in [1.54, 1.807) is 10.6 Å². The van der Waals surface area contributed by atoms with E-state index in [0.29, 0.717) is 17.4 Å². The van der Waals surface area contributed by atoms with Gasteiger partial charge < -0.3 is 10.5 Å². The average Bonchev–Trinajstić information content (AvgIpc) is 2.77. The Hall–Kier alpha value is -2.56. The van der Waals surface area contributed by atoms with E-state index >= 15 is 0 Å². The number of fused-ring (bicyclic) bond motifs is 1. The molecule has 2 aromatic carbocycles. The van der Waals surface area contributed by atoms with Gasteiger partial charge in [0.25, 0.3) is 0 Å². The molecule has 0 aliphatic carbocycles. The maximum atomic E-state index is 13.3. The average molecular weight is 271 g/mol. The molecular weight excluding hydrogens is 257 g/mol. The van der Waals surface area contributed by atoms with Crippen molar-refractivity contribution in [2.24, 2.45) is 0 Å². The summed E-state index contributed by atoms with van der Waals surface area (Å²) in [4.78, 5) is 4.38. The second kappa shape index (κ2) is 4.52. The summed E-state index contributed by atoms with van der Waals surface area (Å²) >= 11 is 0. The highest BCUT2D eigenvalue weighted by Gasteiger charge is 2.15. The number of anilines is 1. The lowest BCUT2D eigenvalue weighted by Crippen LogP contribution is -2.03. The maximum Gasteiger partial charge on any atom is 0.206 e. The maximum absolute atomic E-state index is 13.3. The van der Waals surface area contributed by atoms with E-state index in [1.807, 2.05) is 25.1 Å². The Kier molecular flexibility index (Phi) is 2.82. The summed E-state index contributed by atoms with van der Waals surface area (Å²) in [6.07, 6.45) is 0. The van der Waals surface area contributed by atoms with Crippen LogP contribution in [0.5, 0.6) is 5.75 Å². The van der Waals surface area contributed by atoms with Gasteiger partial charge in [-0.1, -0.05) is 12.1 Å². The van der Waals surface area contributed by atoms with Crippen LogP contribution in [0.15, 0.2) is 36.4 Å². The third-order valence-corrected chi connectivity index (χ3v) is 3.30. The Balaban J connectivity index is 2.35. The zero-order valence-electron chi connectivity index (χ0n) is 11.2. The molecule has 0 saturated heterocycles. The van der Waals surface area contributed by atoms with Crippen LogP contribution in [0, 0.1) is 12.7 Å². The third kappa shape index (κ3) is 1.79. The summed E-state index contributed by atoms with van der Waals surface area (Å²) in [5.74, 6) is 0.404. The van der Waals surface area contributed by atoms with Crippen molar-refractivity contribution >= 4 is 17.0 Å². The number of aryl methyl sites for hydroxylation is 1. The number of rotatable bonds is 2. The van der Waals surface area contributed by atoms with E-state index < -0.39 is 0 Å². The first-order valence-electron chi connectivity index (χ1n) is 6.19. The van der Waals surface area contributed by atoms with E-state index in [-0.39, 0.29) is 5.82 Å². The molecule has 1 heterocycles. The summed E-state index contributed by atoms with van der Waals surface area (Å²) in [5, 5.41) is 0. The van der Waals surface area contributed by atoms with E-state index in [9.17, 15) is 4.39 Å². The highest BCUT2D eigenvalue weighted by atomic mass is 19.1. The number of halogens is 1. The second-order valence-electron chi connectivity index (χ2n) is 4.56. The van der Waals surface area contributed by atoms with Gasteiger partial charge in [0.1, 0.15) is 11.6 Å². The predicted molar refractivity (Wildman–Crippen MR) is 76.7 cm³/mol. The van der Waals surface area contributed by atoms with Crippen LogP contribution in [0.25, 0.3) is 16.7 Å². The Labute approximate surface area is 115 Å². The molecule has 0 amide bonds. The van der Waals surface area contributed by atoms with Crippen LogP contribution in [-0.4, -0.2) is 16.7 Å². The molecule has 0 fully saturated rings. The fraction of sp³-hybridized carbons (Fsp3) is 0.133. The smallest absolute Gasteiger partial charge is 0.206 e. The molecule has 3 aromatic rings. The molecule has 4 nitrogen and oxygen atoms in total. The Morgan fingerprint density at radius 1 is 1.25 bits per heavy atom. The molecule has 102 valence electrons. The normalized spacial score (nSPS) is 10.9. The Bertz CT molecular complexity index is 795. The zero-order valence-corrected chi connectivity index (χ0v) is 11.2. The molecule has 5 heteroatoms. The van der Waals surface area contributed by atoms with Crippen LogP contribution in [0.4, 0.5) is 10.3 Å². The van der Waals surface area contributed by atoms with Gasteiger partial charge in [-0.05, 0) is 30.7 Å². The molecule has 0 saturated carbocycles. The predicted octanol–water partition coefficient (Wildman–Crippen LogP) is 3.06. The van der Waals surface area contributed by atoms with Crippen molar-refractivity contribution in [3.63, 3.8) is 0 Å². The number of ether oxygens (including phenoxy) is 1. The summed E-state index contributed by atoms with van der Waals surface area (Å²) < 4.78 is 20.3. The highest BCUT2D eigenvalue weighted by Crippen LogP contribution is 2.31. The minimum absolute atomic E-state index is 0.346. The molecule has 0 unspecified atom stereocenters. The monoisotopic (exact) mass is 271 g/mol. The van der Waals surface area contributed by atoms with Crippen molar-refractivity contribution in [2.45, 2.75) is 6.92 Å². The van der Waals surface area contributed by atoms with Gasteiger partial charge in [-0.2, -0.15) is 0 Å². The van der Waals surface area contributed by atoms with Crippen molar-refractivity contribution in [3.8, 4) is 11.4 Å². The molecule has 0 aliphatic heterocycles. The zero-order chi connectivity index (χ0) is 14.3. The standard InChI is InChI=1S/C15H14FN3O/c1-9-4-3-5-12-14(9)18-15(17)19(12)11-7-6-10(16)8-13(11)20-2/h3-8H,1-2H3,(H2,17,18). The van der Waals surface area contributed by atoms with Gasteiger partial charge in [-0.15, -0.1) is 0 Å². The van der Waals surface area contributed by atoms with Crippen molar-refractivity contribution in [1.29, 1.82) is 0 Å². The Morgan fingerprint density at radius 3 is 2.80 bits per heavy atom. The van der Waals surface area contributed by atoms with Gasteiger partial charge in [0, 0.05) is 6.07 Å². The molecule has 0 atom stereocenters. The quantitative estimate of drug-likeness (QED) is 0.779. The van der Waals surface area contributed by atoms with Crippen LogP contribution < -0.4 is 10.5 Å². The van der Waals surface area contributed by atoms with Crippen molar-refractivity contribution in [1.82, 2.24) is 9.55 Å². The van der Waals surface area contributed by atoms with Gasteiger partial charge in [0.05, 0.1) is 23.8 Å². The summed E-state index contributed by atoms with van der Waals surface area (Å²) in [5.41, 5.74) is 9.42. The first-order valence-corrected chi connectivity index (χ1v) is 6.19. The summed E-state index contributed by atoms with van der Waals surface area (Å²) in [6.45, 7) is 1.97. The lowest BCUT2D eigenvalue weighted by molar-refractivity contribution is 0.410. The largest absolute Gasteiger partial charge is 0.494 e. The molecule has 0 spiro atoms. The number of imidazole rings is 1. The van der Waals surface area contributed by atoms with Crippen molar-refractivity contribution in [2.75, 3.05) is 12.8 Å². The van der Waals surface area contributed by atoms with E-state index in [0.717, 1.165) is 16.6 Å². The molecule has 20 heavy (non-hydrogen) atoms. The van der Waals surface area contributed by atoms with Gasteiger partial charge >= 0.3 is 0 Å². The SMILES string of the molecule is COc1cc(F)ccc1-n1c(N)nc2c(C)cccc21. The number of nitrogens with two attached hydrogens (primary N) is 1. The number of hydrogen-bond acceptors (Lipinski definition) is 3. The Morgan fingerprint density at radius 2 is 2.05 bits per heavy atom. The highest BCUT2D eigenvalue weighted by molar-refractivity contribution is 5.84. The molecule has 2 N–H and O–H groups in total. The minimum atomic E-state index is -0.357. The fourth-order valence-electron chi connectivity index (χ4n) is 2.35. The van der Waals surface area contributed by atoms with Crippen LogP contribution >= 0.6 is 0 Å². The third-order valence-electron chi connectivity index (χ3n) is 3.30. The van der Waals surface area contributed by atoms with Gasteiger partial charge in [0.15, 0.2) is 0 Å². The molecule has 0 radical (unpaired) electrons. The molecule has 3 rings (SSSR count). The van der Waals surface area contributed by atoms with E-state index in [2.05, 4.69) is 4.98 Å². The molecule has 0 aliphatic rings. The summed E-state index contributed by atoms with van der Waals surface area (Å²) in [6, 6.07) is 10.2. The van der Waals surface area contributed by atoms with Gasteiger partial charge in [-0.3, -0.25) is 4.57 Å². The number of aromatic nitrogens is 2. The fourth-order valence-corrected chi connectivity index (χ4v) is 2.35. The number of nitrogen functional groups attached to an aromatic ring is 1. The van der Waals surface area contributed by atoms with Crippen LogP contribution in [0.3, 0.4) is 0 Å². The number of methoxy groups -OCH3 is 1. The van der Waals surface area contributed by atoms with Gasteiger partial charge in [0.2, 0.25) is 5.95 Å².